The van der Waals surface area contributed by atoms with Gasteiger partial charge in [0, 0.05) is 6.07 Å². The highest BCUT2D eigenvalue weighted by atomic mass is 19.4. The number of carbonyl (C=O) groups is 1. The van der Waals surface area contributed by atoms with Gasteiger partial charge in [-0.15, -0.1) is 13.2 Å². The van der Waals surface area contributed by atoms with Crippen LogP contribution in [0.3, 0.4) is 0 Å². The molecule has 118 valence electrons. The second-order valence-electron chi connectivity index (χ2n) is 4.10. The first-order valence-corrected chi connectivity index (χ1v) is 6.19. The predicted molar refractivity (Wildman–Crippen MR) is 70.6 cm³/mol. The summed E-state index contributed by atoms with van der Waals surface area (Å²) in [7, 11) is 0. The fourth-order valence-electron chi connectivity index (χ4n) is 1.74. The maximum atomic E-state index is 12.4. The summed E-state index contributed by atoms with van der Waals surface area (Å²) < 4.78 is 46.9. The van der Waals surface area contributed by atoms with E-state index in [1.807, 2.05) is 0 Å². The summed E-state index contributed by atoms with van der Waals surface area (Å²) in [5, 5.41) is 3.86. The number of anilines is 1. The van der Waals surface area contributed by atoms with Gasteiger partial charge in [0.05, 0.1) is 6.61 Å². The van der Waals surface area contributed by atoms with Crippen LogP contribution in [0.4, 0.5) is 19.0 Å². The molecule has 0 fully saturated rings. The maximum Gasteiger partial charge on any atom is 0.573 e. The Labute approximate surface area is 123 Å². The Balaban J connectivity index is 2.42. The minimum absolute atomic E-state index is 0.0266. The number of nitrogens with zero attached hydrogens (tertiary/aromatic N) is 2. The molecule has 0 bridgehead atoms. The summed E-state index contributed by atoms with van der Waals surface area (Å²) in [4.78, 5) is 11.6. The van der Waals surface area contributed by atoms with E-state index >= 15 is 0 Å². The molecule has 1 heterocycles. The van der Waals surface area contributed by atoms with Crippen molar-refractivity contribution in [2.75, 3.05) is 12.3 Å². The summed E-state index contributed by atoms with van der Waals surface area (Å²) >= 11 is 0. The zero-order valence-electron chi connectivity index (χ0n) is 11.4. The monoisotopic (exact) mass is 315 g/mol. The zero-order chi connectivity index (χ0) is 16.3. The van der Waals surface area contributed by atoms with Crippen molar-refractivity contribution in [3.8, 4) is 11.4 Å². The van der Waals surface area contributed by atoms with E-state index in [2.05, 4.69) is 9.84 Å². The minimum atomic E-state index is -4.86. The number of nitrogen functional groups attached to an aromatic ring is 1. The number of hydrogen-bond donors (Lipinski definition) is 1. The van der Waals surface area contributed by atoms with E-state index in [1.165, 1.54) is 24.3 Å². The third kappa shape index (κ3) is 3.48. The number of hydrogen-bond acceptors (Lipinski definition) is 5. The molecule has 2 N–H and O–H groups in total. The molecule has 0 aliphatic rings. The molecule has 0 saturated heterocycles. The third-order valence-corrected chi connectivity index (χ3v) is 2.54. The minimum Gasteiger partial charge on any atom is -0.461 e. The van der Waals surface area contributed by atoms with Crippen LogP contribution in [-0.4, -0.2) is 28.7 Å². The van der Waals surface area contributed by atoms with E-state index in [0.717, 1.165) is 10.7 Å². The number of aromatic nitrogens is 2. The van der Waals surface area contributed by atoms with E-state index in [9.17, 15) is 18.0 Å². The summed E-state index contributed by atoms with van der Waals surface area (Å²) in [5.41, 5.74) is 5.54. The van der Waals surface area contributed by atoms with Crippen LogP contribution >= 0.6 is 0 Å². The van der Waals surface area contributed by atoms with Gasteiger partial charge in [-0.2, -0.15) is 5.10 Å². The van der Waals surface area contributed by atoms with Gasteiger partial charge in [-0.05, 0) is 19.1 Å². The molecule has 1 aromatic heterocycles. The number of para-hydroxylation sites is 2. The fraction of sp³-hybridized carbons (Fsp3) is 0.231. The van der Waals surface area contributed by atoms with Crippen molar-refractivity contribution in [3.63, 3.8) is 0 Å². The standard InChI is InChI=1S/C13H12F3N3O3/c1-2-21-12(20)8-7-11(17)19(18-8)9-5-3-4-6-10(9)22-13(14,15)16/h3-7H,2,17H2,1H3. The van der Waals surface area contributed by atoms with Crippen LogP contribution < -0.4 is 10.5 Å². The quantitative estimate of drug-likeness (QED) is 0.877. The molecule has 9 heteroatoms. The number of ether oxygens (including phenoxy) is 2. The lowest BCUT2D eigenvalue weighted by molar-refractivity contribution is -0.274. The predicted octanol–water partition coefficient (Wildman–Crippen LogP) is 2.53. The summed E-state index contributed by atoms with van der Waals surface area (Å²) in [6, 6.07) is 6.52. The average Bonchev–Trinajstić information content (AvgIpc) is 2.80. The fourth-order valence-corrected chi connectivity index (χ4v) is 1.74. The number of alkyl halides is 3. The third-order valence-electron chi connectivity index (χ3n) is 2.54. The van der Waals surface area contributed by atoms with Crippen LogP contribution in [0, 0.1) is 0 Å². The molecule has 22 heavy (non-hydrogen) atoms. The van der Waals surface area contributed by atoms with Gasteiger partial charge in [0.1, 0.15) is 11.5 Å². The van der Waals surface area contributed by atoms with Crippen molar-refractivity contribution < 1.29 is 27.4 Å². The Bertz CT molecular complexity index is 683. The Morgan fingerprint density at radius 1 is 1.36 bits per heavy atom. The first-order valence-electron chi connectivity index (χ1n) is 6.19. The number of nitrogens with two attached hydrogens (primary N) is 1. The van der Waals surface area contributed by atoms with Gasteiger partial charge in [-0.3, -0.25) is 0 Å². The number of benzene rings is 1. The van der Waals surface area contributed by atoms with E-state index in [-0.39, 0.29) is 23.8 Å². The first-order chi connectivity index (χ1) is 10.3. The molecule has 0 amide bonds. The highest BCUT2D eigenvalue weighted by Crippen LogP contribution is 2.30. The lowest BCUT2D eigenvalue weighted by Crippen LogP contribution is -2.19. The molecule has 0 radical (unpaired) electrons. The molecule has 2 aromatic rings. The lowest BCUT2D eigenvalue weighted by Gasteiger charge is -2.13. The largest absolute Gasteiger partial charge is 0.573 e. The van der Waals surface area contributed by atoms with E-state index < -0.39 is 18.1 Å². The summed E-state index contributed by atoms with van der Waals surface area (Å²) in [6.07, 6.45) is -4.86. The number of carbonyl (C=O) groups excluding carboxylic acids is 1. The van der Waals surface area contributed by atoms with Gasteiger partial charge in [-0.1, -0.05) is 12.1 Å². The molecule has 2 rings (SSSR count). The molecular formula is C13H12F3N3O3. The van der Waals surface area contributed by atoms with Crippen LogP contribution in [-0.2, 0) is 4.74 Å². The van der Waals surface area contributed by atoms with Crippen LogP contribution in [0.5, 0.6) is 5.75 Å². The van der Waals surface area contributed by atoms with Crippen molar-refractivity contribution in [2.24, 2.45) is 0 Å². The Hall–Kier alpha value is -2.71. The molecular weight excluding hydrogens is 303 g/mol. The molecule has 0 unspecified atom stereocenters. The van der Waals surface area contributed by atoms with Crippen LogP contribution in [0.25, 0.3) is 5.69 Å². The smallest absolute Gasteiger partial charge is 0.461 e. The van der Waals surface area contributed by atoms with Crippen LogP contribution in [0.1, 0.15) is 17.4 Å². The average molecular weight is 315 g/mol. The topological polar surface area (TPSA) is 79.4 Å². The normalized spacial score (nSPS) is 11.3. The number of rotatable bonds is 4. The van der Waals surface area contributed by atoms with Crippen molar-refractivity contribution in [1.82, 2.24) is 9.78 Å². The summed E-state index contributed by atoms with van der Waals surface area (Å²) in [6.45, 7) is 1.75. The van der Waals surface area contributed by atoms with Gasteiger partial charge < -0.3 is 15.2 Å². The molecule has 6 nitrogen and oxygen atoms in total. The highest BCUT2D eigenvalue weighted by Gasteiger charge is 2.32. The SMILES string of the molecule is CCOC(=O)c1cc(N)n(-c2ccccc2OC(F)(F)F)n1. The van der Waals surface area contributed by atoms with E-state index in [0.29, 0.717) is 0 Å². The number of esters is 1. The van der Waals surface area contributed by atoms with Crippen molar-refractivity contribution >= 4 is 11.8 Å². The number of halogens is 3. The second kappa shape index (κ2) is 5.96. The van der Waals surface area contributed by atoms with E-state index in [1.54, 1.807) is 6.92 Å². The molecule has 1 aromatic carbocycles. The highest BCUT2D eigenvalue weighted by molar-refractivity contribution is 5.88. The zero-order valence-corrected chi connectivity index (χ0v) is 11.4. The van der Waals surface area contributed by atoms with Gasteiger partial charge in [0.2, 0.25) is 0 Å². The van der Waals surface area contributed by atoms with Gasteiger partial charge >= 0.3 is 12.3 Å². The van der Waals surface area contributed by atoms with Gasteiger partial charge in [-0.25, -0.2) is 9.48 Å². The van der Waals surface area contributed by atoms with Gasteiger partial charge in [0.15, 0.2) is 11.4 Å². The molecule has 0 spiro atoms. The van der Waals surface area contributed by atoms with Crippen LogP contribution in [0.2, 0.25) is 0 Å². The van der Waals surface area contributed by atoms with Crippen molar-refractivity contribution in [3.05, 3.63) is 36.0 Å². The molecule has 0 atom stereocenters. The lowest BCUT2D eigenvalue weighted by atomic mass is 10.3. The van der Waals surface area contributed by atoms with E-state index in [4.69, 9.17) is 10.5 Å². The second-order valence-corrected chi connectivity index (χ2v) is 4.10. The molecule has 0 saturated carbocycles. The molecule has 0 aliphatic heterocycles. The Kier molecular flexibility index (Phi) is 4.25. The van der Waals surface area contributed by atoms with Crippen molar-refractivity contribution in [2.45, 2.75) is 13.3 Å². The Morgan fingerprint density at radius 2 is 2.05 bits per heavy atom. The van der Waals surface area contributed by atoms with Crippen molar-refractivity contribution in [1.29, 1.82) is 0 Å². The first kappa shape index (κ1) is 15.7. The summed E-state index contributed by atoms with van der Waals surface area (Å²) in [5.74, 6) is -1.23. The maximum absolute atomic E-state index is 12.4. The van der Waals surface area contributed by atoms with Gasteiger partial charge in [0.25, 0.3) is 0 Å². The van der Waals surface area contributed by atoms with Crippen LogP contribution in [0.15, 0.2) is 30.3 Å². The Morgan fingerprint density at radius 3 is 2.68 bits per heavy atom. The molecule has 0 aliphatic carbocycles.